The van der Waals surface area contributed by atoms with Crippen molar-refractivity contribution in [2.45, 2.75) is 6.18 Å². The Kier molecular flexibility index (Phi) is 3.56. The third-order valence-corrected chi connectivity index (χ3v) is 1.72. The van der Waals surface area contributed by atoms with Gasteiger partial charge in [0.05, 0.1) is 0 Å². The molecule has 0 spiro atoms. The summed E-state index contributed by atoms with van der Waals surface area (Å²) in [5.41, 5.74) is 0.588. The first kappa shape index (κ1) is 12.1. The highest BCUT2D eigenvalue weighted by Crippen LogP contribution is 2.12. The van der Waals surface area contributed by atoms with Gasteiger partial charge in [-0.3, -0.25) is 4.79 Å². The zero-order valence-electron chi connectivity index (χ0n) is 8.35. The fraction of sp³-hybridized carbons (Fsp3) is 0.182. The number of halogens is 3. The second kappa shape index (κ2) is 4.71. The number of carbonyl (C=O) groups excluding carboxylic acids is 1. The Morgan fingerprint density at radius 3 is 2.25 bits per heavy atom. The van der Waals surface area contributed by atoms with Gasteiger partial charge in [-0.1, -0.05) is 5.92 Å². The minimum atomic E-state index is -4.50. The number of nitrogens with one attached hydrogen (secondary N) is 1. The molecule has 0 aliphatic heterocycles. The van der Waals surface area contributed by atoms with Crippen molar-refractivity contribution in [3.63, 3.8) is 0 Å². The first-order chi connectivity index (χ1) is 7.42. The summed E-state index contributed by atoms with van der Waals surface area (Å²) in [6.07, 6.45) is -4.50. The molecule has 0 aliphatic carbocycles. The maximum Gasteiger partial charge on any atom is 0.458 e. The first-order valence-electron chi connectivity index (χ1n) is 4.34. The molecule has 1 aromatic rings. The van der Waals surface area contributed by atoms with Crippen LogP contribution in [0.1, 0.15) is 15.9 Å². The van der Waals surface area contributed by atoms with E-state index in [4.69, 9.17) is 0 Å². The van der Waals surface area contributed by atoms with E-state index in [-0.39, 0.29) is 11.5 Å². The van der Waals surface area contributed by atoms with Crippen LogP contribution in [-0.4, -0.2) is 19.1 Å². The Labute approximate surface area is 90.5 Å². The van der Waals surface area contributed by atoms with Crippen LogP contribution < -0.4 is 5.32 Å². The van der Waals surface area contributed by atoms with E-state index in [9.17, 15) is 18.0 Å². The summed E-state index contributed by atoms with van der Waals surface area (Å²) < 4.78 is 35.3. The predicted molar refractivity (Wildman–Crippen MR) is 52.8 cm³/mol. The number of hydrogen-bond acceptors (Lipinski definition) is 1. The van der Waals surface area contributed by atoms with Crippen molar-refractivity contribution < 1.29 is 18.0 Å². The van der Waals surface area contributed by atoms with Gasteiger partial charge in [0.1, 0.15) is 0 Å². The van der Waals surface area contributed by atoms with E-state index in [1.54, 1.807) is 0 Å². The van der Waals surface area contributed by atoms with Gasteiger partial charge < -0.3 is 5.32 Å². The van der Waals surface area contributed by atoms with E-state index in [1.807, 2.05) is 5.92 Å². The SMILES string of the molecule is CNC(=O)c1ccc(C#CC(F)(F)F)cc1. The first-order valence-corrected chi connectivity index (χ1v) is 4.34. The summed E-state index contributed by atoms with van der Waals surface area (Å²) in [5, 5.41) is 2.40. The van der Waals surface area contributed by atoms with E-state index in [0.29, 0.717) is 5.56 Å². The molecule has 0 aromatic heterocycles. The lowest BCUT2D eigenvalue weighted by Gasteiger charge is -1.99. The zero-order chi connectivity index (χ0) is 12.2. The van der Waals surface area contributed by atoms with Gasteiger partial charge in [-0.15, -0.1) is 0 Å². The predicted octanol–water partition coefficient (Wildman–Crippen LogP) is 1.96. The van der Waals surface area contributed by atoms with Crippen molar-refractivity contribution in [3.05, 3.63) is 35.4 Å². The van der Waals surface area contributed by atoms with Gasteiger partial charge >= 0.3 is 6.18 Å². The van der Waals surface area contributed by atoms with Crippen LogP contribution >= 0.6 is 0 Å². The molecular formula is C11H8F3NO. The maximum atomic E-state index is 11.8. The van der Waals surface area contributed by atoms with Crippen molar-refractivity contribution in [1.82, 2.24) is 5.32 Å². The second-order valence-corrected chi connectivity index (χ2v) is 2.90. The quantitative estimate of drug-likeness (QED) is 0.730. The molecule has 0 radical (unpaired) electrons. The lowest BCUT2D eigenvalue weighted by Crippen LogP contribution is -2.17. The van der Waals surface area contributed by atoms with Gasteiger partial charge in [-0.05, 0) is 24.3 Å². The minimum Gasteiger partial charge on any atom is -0.355 e. The number of carbonyl (C=O) groups is 1. The molecule has 0 bridgehead atoms. The van der Waals surface area contributed by atoms with Crippen LogP contribution in [-0.2, 0) is 0 Å². The molecule has 0 aliphatic rings. The summed E-state index contributed by atoms with van der Waals surface area (Å²) in [7, 11) is 1.47. The van der Waals surface area contributed by atoms with E-state index in [1.165, 1.54) is 31.3 Å². The molecule has 0 saturated heterocycles. The van der Waals surface area contributed by atoms with Gasteiger partial charge in [-0.2, -0.15) is 13.2 Å². The number of amides is 1. The molecule has 0 unspecified atom stereocenters. The van der Waals surface area contributed by atoms with Crippen LogP contribution in [0.3, 0.4) is 0 Å². The van der Waals surface area contributed by atoms with E-state index < -0.39 is 6.18 Å². The van der Waals surface area contributed by atoms with E-state index in [0.717, 1.165) is 5.92 Å². The summed E-state index contributed by atoms with van der Waals surface area (Å²) in [5.74, 6) is 2.82. The second-order valence-electron chi connectivity index (χ2n) is 2.90. The van der Waals surface area contributed by atoms with E-state index in [2.05, 4.69) is 5.32 Å². The van der Waals surface area contributed by atoms with Gasteiger partial charge in [0.15, 0.2) is 0 Å². The van der Waals surface area contributed by atoms with Crippen LogP contribution in [0.15, 0.2) is 24.3 Å². The summed E-state index contributed by atoms with van der Waals surface area (Å²) in [6.45, 7) is 0. The molecule has 1 rings (SSSR count). The molecule has 1 amide bonds. The zero-order valence-corrected chi connectivity index (χ0v) is 8.35. The fourth-order valence-corrected chi connectivity index (χ4v) is 0.992. The molecule has 0 atom stereocenters. The van der Waals surface area contributed by atoms with Crippen LogP contribution in [0.2, 0.25) is 0 Å². The standard InChI is InChI=1S/C11H8F3NO/c1-15-10(16)9-4-2-8(3-5-9)6-7-11(12,13)14/h2-5H,1H3,(H,15,16). The molecule has 0 fully saturated rings. The highest BCUT2D eigenvalue weighted by molar-refractivity contribution is 5.94. The number of rotatable bonds is 1. The summed E-state index contributed by atoms with van der Waals surface area (Å²) >= 11 is 0. The topological polar surface area (TPSA) is 29.1 Å². The minimum absolute atomic E-state index is 0.213. The smallest absolute Gasteiger partial charge is 0.355 e. The van der Waals surface area contributed by atoms with Crippen molar-refractivity contribution in [1.29, 1.82) is 0 Å². The molecule has 0 heterocycles. The van der Waals surface area contributed by atoms with E-state index >= 15 is 0 Å². The molecule has 2 nitrogen and oxygen atoms in total. The molecular weight excluding hydrogens is 219 g/mol. The van der Waals surface area contributed by atoms with Gasteiger partial charge in [0.2, 0.25) is 0 Å². The molecule has 84 valence electrons. The molecule has 1 aromatic carbocycles. The summed E-state index contributed by atoms with van der Waals surface area (Å²) in [4.78, 5) is 11.1. The fourth-order valence-electron chi connectivity index (χ4n) is 0.992. The van der Waals surface area contributed by atoms with Crippen LogP contribution in [0.4, 0.5) is 13.2 Å². The lowest BCUT2D eigenvalue weighted by atomic mass is 10.1. The van der Waals surface area contributed by atoms with Gasteiger partial charge in [-0.25, -0.2) is 0 Å². The largest absolute Gasteiger partial charge is 0.458 e. The number of benzene rings is 1. The van der Waals surface area contributed by atoms with Crippen molar-refractivity contribution >= 4 is 5.91 Å². The Morgan fingerprint density at radius 2 is 1.81 bits per heavy atom. The molecule has 5 heteroatoms. The van der Waals surface area contributed by atoms with Crippen LogP contribution in [0.5, 0.6) is 0 Å². The summed E-state index contributed by atoms with van der Waals surface area (Å²) in [6, 6.07) is 5.56. The van der Waals surface area contributed by atoms with Crippen LogP contribution in [0.25, 0.3) is 0 Å². The Bertz CT molecular complexity index is 437. The third kappa shape index (κ3) is 3.65. The Hall–Kier alpha value is -1.96. The normalized spacial score (nSPS) is 10.2. The lowest BCUT2D eigenvalue weighted by molar-refractivity contribution is -0.0696. The molecule has 1 N–H and O–H groups in total. The average Bonchev–Trinajstić information content (AvgIpc) is 2.25. The van der Waals surface area contributed by atoms with Gasteiger partial charge in [0, 0.05) is 24.1 Å². The van der Waals surface area contributed by atoms with Gasteiger partial charge in [0.25, 0.3) is 5.91 Å². The maximum absolute atomic E-state index is 11.8. The monoisotopic (exact) mass is 227 g/mol. The van der Waals surface area contributed by atoms with Crippen molar-refractivity contribution in [2.75, 3.05) is 7.05 Å². The highest BCUT2D eigenvalue weighted by Gasteiger charge is 2.22. The highest BCUT2D eigenvalue weighted by atomic mass is 19.4. The van der Waals surface area contributed by atoms with Crippen molar-refractivity contribution in [2.24, 2.45) is 0 Å². The number of alkyl halides is 3. The average molecular weight is 227 g/mol. The molecule has 16 heavy (non-hydrogen) atoms. The molecule has 0 saturated carbocycles. The third-order valence-electron chi connectivity index (χ3n) is 1.72. The van der Waals surface area contributed by atoms with Crippen molar-refractivity contribution in [3.8, 4) is 11.8 Å². The Balaban J connectivity index is 2.87. The number of hydrogen-bond donors (Lipinski definition) is 1. The Morgan fingerprint density at radius 1 is 1.25 bits per heavy atom. The van der Waals surface area contributed by atoms with Crippen LogP contribution in [0, 0.1) is 11.8 Å².